The second-order valence-corrected chi connectivity index (χ2v) is 4.51. The van der Waals surface area contributed by atoms with E-state index in [-0.39, 0.29) is 5.92 Å². The van der Waals surface area contributed by atoms with Gasteiger partial charge in [-0.15, -0.1) is 6.58 Å². The second kappa shape index (κ2) is 5.11. The van der Waals surface area contributed by atoms with Gasteiger partial charge in [0.25, 0.3) is 0 Å². The molecule has 2 atom stereocenters. The van der Waals surface area contributed by atoms with Crippen molar-refractivity contribution in [1.82, 2.24) is 0 Å². The smallest absolute Gasteiger partial charge is 0.136 e. The molecule has 1 heteroatoms. The van der Waals surface area contributed by atoms with Gasteiger partial charge in [-0.1, -0.05) is 36.4 Å². The first-order valence-electron chi connectivity index (χ1n) is 6.01. The van der Waals surface area contributed by atoms with Crippen molar-refractivity contribution in [3.05, 3.63) is 48.6 Å². The molecule has 84 valence electrons. The molecule has 1 nitrogen and oxygen atoms in total. The van der Waals surface area contributed by atoms with Crippen LogP contribution in [0.25, 0.3) is 0 Å². The van der Waals surface area contributed by atoms with Crippen molar-refractivity contribution in [2.75, 3.05) is 0 Å². The average molecular weight is 214 g/mol. The average Bonchev–Trinajstić information content (AvgIpc) is 2.33. The van der Waals surface area contributed by atoms with Gasteiger partial charge in [-0.05, 0) is 30.7 Å². The van der Waals surface area contributed by atoms with Gasteiger partial charge in [0.2, 0.25) is 0 Å². The molecule has 1 aromatic carbocycles. The van der Waals surface area contributed by atoms with E-state index in [1.54, 1.807) is 0 Å². The number of hydrogen-bond donors (Lipinski definition) is 0. The zero-order valence-electron chi connectivity index (χ0n) is 9.56. The Balaban J connectivity index is 2.23. The van der Waals surface area contributed by atoms with Crippen LogP contribution in [0, 0.1) is 5.92 Å². The minimum atomic E-state index is 0.161. The fourth-order valence-electron chi connectivity index (χ4n) is 2.68. The summed E-state index contributed by atoms with van der Waals surface area (Å²) in [6, 6.07) is 10.4. The van der Waals surface area contributed by atoms with E-state index < -0.39 is 0 Å². The molecule has 1 fully saturated rings. The Morgan fingerprint density at radius 2 is 2.06 bits per heavy atom. The van der Waals surface area contributed by atoms with Crippen molar-refractivity contribution in [1.29, 1.82) is 0 Å². The maximum atomic E-state index is 11.9. The van der Waals surface area contributed by atoms with Crippen LogP contribution in [0.15, 0.2) is 43.0 Å². The molecule has 1 aliphatic carbocycles. The van der Waals surface area contributed by atoms with Crippen LogP contribution < -0.4 is 0 Å². The molecule has 0 spiro atoms. The maximum absolute atomic E-state index is 11.9. The number of carbonyl (C=O) groups is 1. The third-order valence-electron chi connectivity index (χ3n) is 3.49. The Hall–Kier alpha value is -1.37. The Labute approximate surface area is 97.2 Å². The summed E-state index contributed by atoms with van der Waals surface area (Å²) in [5.41, 5.74) is 1.31. The van der Waals surface area contributed by atoms with Gasteiger partial charge in [0.1, 0.15) is 5.78 Å². The lowest BCUT2D eigenvalue weighted by molar-refractivity contribution is -0.125. The third kappa shape index (κ3) is 2.24. The van der Waals surface area contributed by atoms with E-state index in [0.717, 1.165) is 25.7 Å². The fraction of sp³-hybridized carbons (Fsp3) is 0.400. The van der Waals surface area contributed by atoms with Crippen LogP contribution in [-0.4, -0.2) is 5.78 Å². The second-order valence-electron chi connectivity index (χ2n) is 4.51. The van der Waals surface area contributed by atoms with E-state index >= 15 is 0 Å². The summed E-state index contributed by atoms with van der Waals surface area (Å²) in [4.78, 5) is 11.9. The lowest BCUT2D eigenvalue weighted by Crippen LogP contribution is -2.26. The summed E-state index contributed by atoms with van der Waals surface area (Å²) in [6.45, 7) is 3.77. The molecule has 1 aromatic rings. The number of hydrogen-bond acceptors (Lipinski definition) is 1. The highest BCUT2D eigenvalue weighted by atomic mass is 16.1. The van der Waals surface area contributed by atoms with Crippen LogP contribution in [0.1, 0.15) is 37.2 Å². The van der Waals surface area contributed by atoms with Crippen molar-refractivity contribution in [2.45, 2.75) is 31.6 Å². The van der Waals surface area contributed by atoms with E-state index in [0.29, 0.717) is 11.7 Å². The first-order chi connectivity index (χ1) is 7.83. The lowest BCUT2D eigenvalue weighted by atomic mass is 9.73. The first kappa shape index (κ1) is 11.1. The summed E-state index contributed by atoms with van der Waals surface area (Å²) in [5.74, 6) is 0.981. The van der Waals surface area contributed by atoms with E-state index in [1.165, 1.54) is 5.56 Å². The number of Topliss-reactive ketones (excluding diaryl/α,β-unsaturated/α-hetero) is 1. The van der Waals surface area contributed by atoms with Gasteiger partial charge >= 0.3 is 0 Å². The van der Waals surface area contributed by atoms with E-state index in [1.807, 2.05) is 12.1 Å². The molecule has 0 amide bonds. The number of benzene rings is 1. The predicted molar refractivity (Wildman–Crippen MR) is 66.3 cm³/mol. The van der Waals surface area contributed by atoms with Crippen molar-refractivity contribution in [3.8, 4) is 0 Å². The molecule has 1 aliphatic rings. The summed E-state index contributed by atoms with van der Waals surface area (Å²) in [7, 11) is 0. The topological polar surface area (TPSA) is 17.1 Å². The molecule has 0 saturated heterocycles. The predicted octanol–water partition coefficient (Wildman–Crippen LogP) is 3.72. The molecule has 0 unspecified atom stereocenters. The monoisotopic (exact) mass is 214 g/mol. The zero-order valence-corrected chi connectivity index (χ0v) is 9.56. The standard InChI is InChI=1S/C15H18O/c1-2-7-14-13(10-6-11-15(14)16)12-8-4-3-5-9-12/h2-5,8-9,13-14H,1,6-7,10-11H2/t13-,14-/m1/s1. The summed E-state index contributed by atoms with van der Waals surface area (Å²) in [5, 5.41) is 0. The quantitative estimate of drug-likeness (QED) is 0.701. The summed E-state index contributed by atoms with van der Waals surface area (Å²) < 4.78 is 0. The molecule has 0 N–H and O–H groups in total. The summed E-state index contributed by atoms with van der Waals surface area (Å²) in [6.07, 6.45) is 5.62. The first-order valence-corrected chi connectivity index (χ1v) is 6.01. The van der Waals surface area contributed by atoms with Crippen LogP contribution in [0.2, 0.25) is 0 Å². The van der Waals surface area contributed by atoms with Crippen LogP contribution in [0.3, 0.4) is 0 Å². The highest BCUT2D eigenvalue weighted by Gasteiger charge is 2.31. The molecule has 16 heavy (non-hydrogen) atoms. The number of carbonyl (C=O) groups excluding carboxylic acids is 1. The van der Waals surface area contributed by atoms with Gasteiger partial charge in [0.15, 0.2) is 0 Å². The minimum Gasteiger partial charge on any atom is -0.299 e. The number of allylic oxidation sites excluding steroid dienone is 1. The molecular weight excluding hydrogens is 196 g/mol. The SMILES string of the molecule is C=CC[C@H]1C(=O)CCC[C@@H]1c1ccccc1. The lowest BCUT2D eigenvalue weighted by Gasteiger charge is -2.30. The van der Waals surface area contributed by atoms with Crippen molar-refractivity contribution < 1.29 is 4.79 Å². The van der Waals surface area contributed by atoms with Crippen LogP contribution in [0.4, 0.5) is 0 Å². The van der Waals surface area contributed by atoms with E-state index in [4.69, 9.17) is 0 Å². The molecule has 1 saturated carbocycles. The van der Waals surface area contributed by atoms with Gasteiger partial charge in [-0.3, -0.25) is 4.79 Å². The molecule has 0 radical (unpaired) electrons. The molecule has 2 rings (SSSR count). The van der Waals surface area contributed by atoms with Crippen molar-refractivity contribution >= 4 is 5.78 Å². The van der Waals surface area contributed by atoms with Crippen molar-refractivity contribution in [3.63, 3.8) is 0 Å². The van der Waals surface area contributed by atoms with Gasteiger partial charge in [-0.2, -0.15) is 0 Å². The molecular formula is C15H18O. The number of ketones is 1. The van der Waals surface area contributed by atoms with Crippen LogP contribution >= 0.6 is 0 Å². The van der Waals surface area contributed by atoms with Crippen molar-refractivity contribution in [2.24, 2.45) is 5.92 Å². The maximum Gasteiger partial charge on any atom is 0.136 e. The molecule has 0 heterocycles. The highest BCUT2D eigenvalue weighted by molar-refractivity contribution is 5.83. The highest BCUT2D eigenvalue weighted by Crippen LogP contribution is 2.37. The summed E-state index contributed by atoms with van der Waals surface area (Å²) >= 11 is 0. The Morgan fingerprint density at radius 3 is 2.75 bits per heavy atom. The third-order valence-corrected chi connectivity index (χ3v) is 3.49. The van der Waals surface area contributed by atoms with E-state index in [2.05, 4.69) is 30.8 Å². The van der Waals surface area contributed by atoms with Gasteiger partial charge in [0.05, 0.1) is 0 Å². The zero-order chi connectivity index (χ0) is 11.4. The normalized spacial score (nSPS) is 25.4. The molecule has 0 bridgehead atoms. The van der Waals surface area contributed by atoms with Crippen LogP contribution in [0.5, 0.6) is 0 Å². The Morgan fingerprint density at radius 1 is 1.31 bits per heavy atom. The van der Waals surface area contributed by atoms with E-state index in [9.17, 15) is 4.79 Å². The fourth-order valence-corrected chi connectivity index (χ4v) is 2.68. The molecule has 0 aliphatic heterocycles. The van der Waals surface area contributed by atoms with Crippen LogP contribution in [-0.2, 0) is 4.79 Å². The molecule has 0 aromatic heterocycles. The Bertz CT molecular complexity index is 366. The van der Waals surface area contributed by atoms with Gasteiger partial charge in [-0.25, -0.2) is 0 Å². The van der Waals surface area contributed by atoms with Gasteiger partial charge in [0, 0.05) is 12.3 Å². The minimum absolute atomic E-state index is 0.161. The Kier molecular flexibility index (Phi) is 3.55. The number of rotatable bonds is 3. The van der Waals surface area contributed by atoms with Gasteiger partial charge < -0.3 is 0 Å². The largest absolute Gasteiger partial charge is 0.299 e.